The van der Waals surface area contributed by atoms with Gasteiger partial charge in [0.2, 0.25) is 5.78 Å². The molecule has 1 aromatic heterocycles. The van der Waals surface area contributed by atoms with Crippen molar-refractivity contribution in [1.29, 1.82) is 0 Å². The van der Waals surface area contributed by atoms with Crippen LogP contribution in [0.4, 0.5) is 11.5 Å². The van der Waals surface area contributed by atoms with Crippen LogP contribution in [0.1, 0.15) is 12.6 Å². The third-order valence-corrected chi connectivity index (χ3v) is 2.80. The molecule has 94 valence electrons. The van der Waals surface area contributed by atoms with E-state index in [0.717, 1.165) is 0 Å². The molecule has 1 aliphatic rings. The number of nitrogen functional groups attached to an aromatic ring is 1. The summed E-state index contributed by atoms with van der Waals surface area (Å²) in [6.07, 6.45) is 2.59. The zero-order valence-electron chi connectivity index (χ0n) is 10.4. The number of nitrogens with one attached hydrogen (secondary N) is 1. The van der Waals surface area contributed by atoms with Crippen molar-refractivity contribution in [3.63, 3.8) is 0 Å². The van der Waals surface area contributed by atoms with Gasteiger partial charge in [-0.05, 0) is 19.9 Å². The molecule has 1 aromatic rings. The van der Waals surface area contributed by atoms with Crippen molar-refractivity contribution in [2.45, 2.75) is 13.8 Å². The van der Waals surface area contributed by atoms with Crippen LogP contribution in [0.3, 0.4) is 0 Å². The minimum Gasteiger partial charge on any atom is -0.382 e. The molecule has 2 rings (SSSR count). The number of carbonyl (C=O) groups is 2. The summed E-state index contributed by atoms with van der Waals surface area (Å²) in [5, 5.41) is 7.00. The van der Waals surface area contributed by atoms with Gasteiger partial charge in [0, 0.05) is 18.7 Å². The molecule has 0 saturated carbocycles. The molecule has 6 nitrogen and oxygen atoms in total. The smallest absolute Gasteiger partial charge is 0.202 e. The normalized spacial score (nSPS) is 15.5. The SMILES string of the molecule is CC1=CC(=O)C(Nc2c(C)nn(C)c2N)=CC1=O. The molecule has 3 N–H and O–H groups in total. The minimum absolute atomic E-state index is 0.183. The number of hydrogen-bond acceptors (Lipinski definition) is 5. The van der Waals surface area contributed by atoms with Crippen LogP contribution in [0, 0.1) is 6.92 Å². The number of aromatic nitrogens is 2. The maximum absolute atomic E-state index is 11.8. The summed E-state index contributed by atoms with van der Waals surface area (Å²) < 4.78 is 1.51. The predicted molar refractivity (Wildman–Crippen MR) is 67.8 cm³/mol. The monoisotopic (exact) mass is 246 g/mol. The summed E-state index contributed by atoms with van der Waals surface area (Å²) in [7, 11) is 1.71. The van der Waals surface area contributed by atoms with Gasteiger partial charge >= 0.3 is 0 Å². The van der Waals surface area contributed by atoms with E-state index in [1.165, 1.54) is 16.8 Å². The van der Waals surface area contributed by atoms with Crippen molar-refractivity contribution < 1.29 is 9.59 Å². The van der Waals surface area contributed by atoms with Crippen LogP contribution in [0.5, 0.6) is 0 Å². The van der Waals surface area contributed by atoms with Gasteiger partial charge in [-0.1, -0.05) is 0 Å². The number of anilines is 2. The second-order valence-corrected chi connectivity index (χ2v) is 4.21. The molecule has 0 saturated heterocycles. The van der Waals surface area contributed by atoms with Crippen LogP contribution >= 0.6 is 0 Å². The van der Waals surface area contributed by atoms with E-state index in [2.05, 4.69) is 10.4 Å². The molecule has 0 bridgehead atoms. The molecule has 6 heteroatoms. The Balaban J connectivity index is 2.33. The van der Waals surface area contributed by atoms with Crippen LogP contribution in [0.15, 0.2) is 23.4 Å². The van der Waals surface area contributed by atoms with E-state index in [-0.39, 0.29) is 17.3 Å². The number of nitrogens with zero attached hydrogens (tertiary/aromatic N) is 2. The molecule has 1 heterocycles. The highest BCUT2D eigenvalue weighted by Crippen LogP contribution is 2.24. The Morgan fingerprint density at radius 2 is 1.89 bits per heavy atom. The molecule has 0 unspecified atom stereocenters. The number of nitrogens with two attached hydrogens (primary N) is 1. The third-order valence-electron chi connectivity index (χ3n) is 2.80. The van der Waals surface area contributed by atoms with Gasteiger partial charge in [-0.25, -0.2) is 0 Å². The van der Waals surface area contributed by atoms with E-state index < -0.39 is 0 Å². The number of allylic oxidation sites excluding steroid dienone is 3. The standard InChI is InChI=1S/C12H14N4O2/c1-6-4-10(18)8(5-9(6)17)14-11-7(2)15-16(3)12(11)13/h4-5,14H,13H2,1-3H3. The van der Waals surface area contributed by atoms with E-state index in [1.54, 1.807) is 20.9 Å². The van der Waals surface area contributed by atoms with Gasteiger partial charge in [-0.15, -0.1) is 0 Å². The number of ketones is 2. The summed E-state index contributed by atoms with van der Waals surface area (Å²) in [4.78, 5) is 23.3. The van der Waals surface area contributed by atoms with Crippen LogP contribution in [0.2, 0.25) is 0 Å². The highest BCUT2D eigenvalue weighted by Gasteiger charge is 2.20. The lowest BCUT2D eigenvalue weighted by Crippen LogP contribution is -2.18. The second-order valence-electron chi connectivity index (χ2n) is 4.21. The van der Waals surface area contributed by atoms with E-state index >= 15 is 0 Å². The zero-order chi connectivity index (χ0) is 13.4. The molecule has 0 atom stereocenters. The lowest BCUT2D eigenvalue weighted by Gasteiger charge is -2.12. The Morgan fingerprint density at radius 3 is 2.44 bits per heavy atom. The molecule has 0 radical (unpaired) electrons. The largest absolute Gasteiger partial charge is 0.382 e. The van der Waals surface area contributed by atoms with Gasteiger partial charge in [0.1, 0.15) is 11.5 Å². The van der Waals surface area contributed by atoms with Crippen molar-refractivity contribution >= 4 is 23.1 Å². The van der Waals surface area contributed by atoms with Gasteiger partial charge in [0.05, 0.1) is 11.4 Å². The second kappa shape index (κ2) is 4.14. The van der Waals surface area contributed by atoms with E-state index in [0.29, 0.717) is 22.8 Å². The first kappa shape index (κ1) is 12.1. The molecule has 0 aromatic carbocycles. The fraction of sp³-hybridized carbons (Fsp3) is 0.250. The highest BCUT2D eigenvalue weighted by molar-refractivity contribution is 6.20. The maximum atomic E-state index is 11.8. The first-order chi connectivity index (χ1) is 8.40. The zero-order valence-corrected chi connectivity index (χ0v) is 10.4. The predicted octanol–water partition coefficient (Wildman–Crippen LogP) is 0.705. The van der Waals surface area contributed by atoms with Crippen molar-refractivity contribution in [1.82, 2.24) is 9.78 Å². The summed E-state index contributed by atoms with van der Waals surface area (Å²) >= 11 is 0. The Kier molecular flexibility index (Phi) is 2.78. The average Bonchev–Trinajstić information content (AvgIpc) is 2.52. The van der Waals surface area contributed by atoms with Crippen LogP contribution in [0.25, 0.3) is 0 Å². The van der Waals surface area contributed by atoms with Crippen LogP contribution in [-0.2, 0) is 16.6 Å². The van der Waals surface area contributed by atoms with E-state index in [1.807, 2.05) is 0 Å². The van der Waals surface area contributed by atoms with Gasteiger partial charge in [-0.3, -0.25) is 14.3 Å². The summed E-state index contributed by atoms with van der Waals surface area (Å²) in [6.45, 7) is 3.38. The first-order valence-corrected chi connectivity index (χ1v) is 5.45. The summed E-state index contributed by atoms with van der Waals surface area (Å²) in [5.41, 5.74) is 7.70. The number of carbonyl (C=O) groups excluding carboxylic acids is 2. The maximum Gasteiger partial charge on any atom is 0.202 e. The number of aryl methyl sites for hydroxylation is 2. The molecular formula is C12H14N4O2. The molecule has 0 spiro atoms. The number of rotatable bonds is 2. The fourth-order valence-electron chi connectivity index (χ4n) is 1.72. The number of hydrogen-bond donors (Lipinski definition) is 2. The Morgan fingerprint density at radius 1 is 1.22 bits per heavy atom. The Bertz CT molecular complexity index is 608. The van der Waals surface area contributed by atoms with Gasteiger partial charge in [-0.2, -0.15) is 5.10 Å². The van der Waals surface area contributed by atoms with Crippen molar-refractivity contribution in [2.75, 3.05) is 11.1 Å². The van der Waals surface area contributed by atoms with Gasteiger partial charge in [0.15, 0.2) is 5.78 Å². The Labute approximate surface area is 104 Å². The van der Waals surface area contributed by atoms with Crippen LogP contribution < -0.4 is 11.1 Å². The van der Waals surface area contributed by atoms with Crippen molar-refractivity contribution in [2.24, 2.45) is 7.05 Å². The lowest BCUT2D eigenvalue weighted by atomic mass is 10.0. The Hall–Kier alpha value is -2.37. The molecule has 0 amide bonds. The topological polar surface area (TPSA) is 90.0 Å². The van der Waals surface area contributed by atoms with Crippen molar-refractivity contribution in [3.8, 4) is 0 Å². The quantitative estimate of drug-likeness (QED) is 0.750. The molecule has 1 aliphatic carbocycles. The molecule has 0 aliphatic heterocycles. The molecular weight excluding hydrogens is 232 g/mol. The fourth-order valence-corrected chi connectivity index (χ4v) is 1.72. The summed E-state index contributed by atoms with van der Waals surface area (Å²) in [5.74, 6) is -0.00751. The highest BCUT2D eigenvalue weighted by atomic mass is 16.1. The first-order valence-electron chi connectivity index (χ1n) is 5.45. The molecule has 0 fully saturated rings. The average molecular weight is 246 g/mol. The van der Waals surface area contributed by atoms with E-state index in [4.69, 9.17) is 5.73 Å². The summed E-state index contributed by atoms with van der Waals surface area (Å²) in [6, 6.07) is 0. The third kappa shape index (κ3) is 1.92. The van der Waals surface area contributed by atoms with E-state index in [9.17, 15) is 9.59 Å². The van der Waals surface area contributed by atoms with Gasteiger partial charge < -0.3 is 11.1 Å². The minimum atomic E-state index is -0.241. The van der Waals surface area contributed by atoms with Crippen molar-refractivity contribution in [3.05, 3.63) is 29.1 Å². The van der Waals surface area contributed by atoms with Gasteiger partial charge in [0.25, 0.3) is 0 Å². The van der Waals surface area contributed by atoms with Crippen LogP contribution in [-0.4, -0.2) is 21.3 Å². The molecule has 18 heavy (non-hydrogen) atoms. The lowest BCUT2D eigenvalue weighted by molar-refractivity contribution is -0.115.